The van der Waals surface area contributed by atoms with E-state index >= 15 is 0 Å². The molecule has 0 aromatic heterocycles. The first-order chi connectivity index (χ1) is 3.31. The summed E-state index contributed by atoms with van der Waals surface area (Å²) in [5.41, 5.74) is 0. The minimum atomic E-state index is 1.18. The van der Waals surface area contributed by atoms with Crippen molar-refractivity contribution < 1.29 is 0 Å². The second-order valence-electron chi connectivity index (χ2n) is 1.15. The lowest BCUT2D eigenvalue weighted by molar-refractivity contribution is 1.57. The second-order valence-corrected chi connectivity index (χ2v) is 2.20. The minimum absolute atomic E-state index is 1.18. The fourth-order valence-corrected chi connectivity index (χ4v) is 0.390. The van der Waals surface area contributed by atoms with Crippen LogP contribution in [0.15, 0.2) is 11.0 Å². The predicted molar refractivity (Wildman–Crippen MR) is 36.1 cm³/mol. The highest BCUT2D eigenvalue weighted by Gasteiger charge is 1.75. The van der Waals surface area contributed by atoms with E-state index in [0.29, 0.717) is 0 Å². The Morgan fingerprint density at radius 2 is 2.29 bits per heavy atom. The number of allylic oxidation sites excluding steroid dienone is 2. The van der Waals surface area contributed by atoms with Crippen LogP contribution in [-0.2, 0) is 0 Å². The third-order valence-electron chi connectivity index (χ3n) is 0.640. The maximum atomic E-state index is 6.62. The van der Waals surface area contributed by atoms with Crippen LogP contribution in [0.4, 0.5) is 0 Å². The first-order valence-corrected chi connectivity index (χ1v) is 3.25. The van der Waals surface area contributed by atoms with Gasteiger partial charge in [-0.2, -0.15) is 0 Å². The molecular weight excluding hydrogens is 106 g/mol. The summed E-state index contributed by atoms with van der Waals surface area (Å²) in [6.07, 6.45) is 5.06. The van der Waals surface area contributed by atoms with Crippen molar-refractivity contribution in [3.8, 4) is 0 Å². The topological polar surface area (TPSA) is 23.9 Å². The average molecular weight is 115 g/mol. The second kappa shape index (κ2) is 3.93. The molecule has 0 saturated carbocycles. The van der Waals surface area contributed by atoms with Crippen molar-refractivity contribution in [2.75, 3.05) is 6.26 Å². The Hall–Kier alpha value is -0.240. The Kier molecular flexibility index (Phi) is 3.80. The molecule has 2 heteroatoms. The monoisotopic (exact) mass is 115 g/mol. The molecule has 0 rings (SSSR count). The smallest absolute Gasteiger partial charge is 0.0185 e. The zero-order valence-corrected chi connectivity index (χ0v) is 5.38. The van der Waals surface area contributed by atoms with Crippen LogP contribution in [-0.4, -0.2) is 12.5 Å². The van der Waals surface area contributed by atoms with Crippen molar-refractivity contribution in [1.29, 1.82) is 5.41 Å². The summed E-state index contributed by atoms with van der Waals surface area (Å²) in [7, 11) is 0. The van der Waals surface area contributed by atoms with E-state index in [-0.39, 0.29) is 0 Å². The van der Waals surface area contributed by atoms with E-state index < -0.39 is 0 Å². The summed E-state index contributed by atoms with van der Waals surface area (Å²) in [6, 6.07) is 0. The van der Waals surface area contributed by atoms with E-state index in [4.69, 9.17) is 5.41 Å². The normalized spacial score (nSPS) is 11.4. The third kappa shape index (κ3) is 3.59. The number of nitrogens with one attached hydrogen (secondary N) is 1. The zero-order valence-electron chi connectivity index (χ0n) is 4.56. The Morgan fingerprint density at radius 1 is 1.71 bits per heavy atom. The minimum Gasteiger partial charge on any atom is -0.309 e. The van der Waals surface area contributed by atoms with Crippen LogP contribution in [0.5, 0.6) is 0 Å². The Balaban J connectivity index is 3.49. The van der Waals surface area contributed by atoms with Gasteiger partial charge in [0.05, 0.1) is 0 Å². The van der Waals surface area contributed by atoms with Crippen molar-refractivity contribution in [2.24, 2.45) is 0 Å². The summed E-state index contributed by atoms with van der Waals surface area (Å²) >= 11 is 1.66. The average Bonchev–Trinajstić information content (AvgIpc) is 1.68. The SMILES string of the molecule is CS/C(C)=C\C=N. The predicted octanol–water partition coefficient (Wildman–Crippen LogP) is 1.90. The molecule has 0 bridgehead atoms. The molecule has 0 aliphatic heterocycles. The highest BCUT2D eigenvalue weighted by molar-refractivity contribution is 8.02. The lowest BCUT2D eigenvalue weighted by Crippen LogP contribution is -1.63. The summed E-state index contributed by atoms with van der Waals surface area (Å²) < 4.78 is 0. The molecule has 0 unspecified atom stereocenters. The van der Waals surface area contributed by atoms with Gasteiger partial charge in [0, 0.05) is 6.21 Å². The van der Waals surface area contributed by atoms with E-state index in [0.717, 1.165) is 0 Å². The molecular formula is C5H9NS. The maximum Gasteiger partial charge on any atom is 0.0185 e. The van der Waals surface area contributed by atoms with E-state index in [1.807, 2.05) is 13.2 Å². The number of rotatable bonds is 2. The van der Waals surface area contributed by atoms with Gasteiger partial charge in [0.15, 0.2) is 0 Å². The molecule has 0 aromatic carbocycles. The van der Waals surface area contributed by atoms with Gasteiger partial charge in [0.25, 0.3) is 0 Å². The zero-order chi connectivity index (χ0) is 5.70. The van der Waals surface area contributed by atoms with Gasteiger partial charge in [0.1, 0.15) is 0 Å². The molecule has 40 valence electrons. The number of hydrogen-bond donors (Lipinski definition) is 1. The third-order valence-corrected chi connectivity index (χ3v) is 1.42. The molecule has 1 nitrogen and oxygen atoms in total. The molecule has 1 N–H and O–H groups in total. The Morgan fingerprint density at radius 3 is 2.43 bits per heavy atom. The van der Waals surface area contributed by atoms with E-state index in [1.54, 1.807) is 17.8 Å². The van der Waals surface area contributed by atoms with Gasteiger partial charge in [0.2, 0.25) is 0 Å². The highest BCUT2D eigenvalue weighted by Crippen LogP contribution is 2.06. The molecule has 0 radical (unpaired) electrons. The largest absolute Gasteiger partial charge is 0.309 e. The molecule has 7 heavy (non-hydrogen) atoms. The molecule has 0 aliphatic rings. The van der Waals surface area contributed by atoms with E-state index in [9.17, 15) is 0 Å². The first-order valence-electron chi connectivity index (χ1n) is 2.02. The summed E-state index contributed by atoms with van der Waals surface area (Å²) in [6.45, 7) is 1.98. The Labute approximate surface area is 48.3 Å². The summed E-state index contributed by atoms with van der Waals surface area (Å²) in [5, 5.41) is 6.62. The summed E-state index contributed by atoms with van der Waals surface area (Å²) in [4.78, 5) is 1.18. The van der Waals surface area contributed by atoms with Crippen molar-refractivity contribution >= 4 is 18.0 Å². The number of thioether (sulfide) groups is 1. The van der Waals surface area contributed by atoms with Gasteiger partial charge in [-0.05, 0) is 24.2 Å². The lowest BCUT2D eigenvalue weighted by atomic mass is 10.6. The van der Waals surface area contributed by atoms with Crippen LogP contribution in [0, 0.1) is 5.41 Å². The van der Waals surface area contributed by atoms with Gasteiger partial charge in [-0.25, -0.2) is 0 Å². The molecule has 0 amide bonds. The molecule has 0 heterocycles. The fourth-order valence-electron chi connectivity index (χ4n) is 0.185. The molecule has 0 saturated heterocycles. The molecule has 0 spiro atoms. The number of hydrogen-bond acceptors (Lipinski definition) is 2. The van der Waals surface area contributed by atoms with Crippen LogP contribution in [0.2, 0.25) is 0 Å². The van der Waals surface area contributed by atoms with Gasteiger partial charge >= 0.3 is 0 Å². The van der Waals surface area contributed by atoms with E-state index in [1.165, 1.54) is 11.1 Å². The van der Waals surface area contributed by atoms with Gasteiger partial charge < -0.3 is 5.41 Å². The maximum absolute atomic E-state index is 6.62. The van der Waals surface area contributed by atoms with Gasteiger partial charge in [-0.3, -0.25) is 0 Å². The van der Waals surface area contributed by atoms with Crippen molar-refractivity contribution in [1.82, 2.24) is 0 Å². The highest BCUT2D eigenvalue weighted by atomic mass is 32.2. The van der Waals surface area contributed by atoms with Gasteiger partial charge in [-0.1, -0.05) is 0 Å². The lowest BCUT2D eigenvalue weighted by Gasteiger charge is -1.85. The quantitative estimate of drug-likeness (QED) is 0.546. The first kappa shape index (κ1) is 6.76. The van der Waals surface area contributed by atoms with Crippen LogP contribution in [0.25, 0.3) is 0 Å². The van der Waals surface area contributed by atoms with Crippen LogP contribution < -0.4 is 0 Å². The van der Waals surface area contributed by atoms with Crippen LogP contribution in [0.3, 0.4) is 0 Å². The molecule has 0 atom stereocenters. The van der Waals surface area contributed by atoms with Gasteiger partial charge in [-0.15, -0.1) is 11.8 Å². The van der Waals surface area contributed by atoms with Crippen molar-refractivity contribution in [3.63, 3.8) is 0 Å². The van der Waals surface area contributed by atoms with Crippen molar-refractivity contribution in [3.05, 3.63) is 11.0 Å². The Bertz CT molecular complexity index is 86.1. The fraction of sp³-hybridized carbons (Fsp3) is 0.400. The van der Waals surface area contributed by atoms with Crippen LogP contribution >= 0.6 is 11.8 Å². The molecule has 0 aliphatic carbocycles. The van der Waals surface area contributed by atoms with Crippen LogP contribution in [0.1, 0.15) is 6.92 Å². The van der Waals surface area contributed by atoms with E-state index in [2.05, 4.69) is 0 Å². The van der Waals surface area contributed by atoms with Crippen molar-refractivity contribution in [2.45, 2.75) is 6.92 Å². The molecule has 0 fully saturated rings. The standard InChI is InChI=1S/C5H9NS/c1-5(7-2)3-4-6/h3-4,6H,1-2H3/b5-3-,6-4?. The molecule has 0 aromatic rings. The summed E-state index contributed by atoms with van der Waals surface area (Å²) in [5.74, 6) is 0.